The molecule has 0 radical (unpaired) electrons. The van der Waals surface area contributed by atoms with E-state index in [0.717, 1.165) is 0 Å². The highest BCUT2D eigenvalue weighted by atomic mass is 35.5. The van der Waals surface area contributed by atoms with E-state index in [2.05, 4.69) is 0 Å². The van der Waals surface area contributed by atoms with Crippen LogP contribution in [-0.2, 0) is 0 Å². The summed E-state index contributed by atoms with van der Waals surface area (Å²) in [5.74, 6) is 0.0465. The van der Waals surface area contributed by atoms with Crippen LogP contribution in [0.5, 0.6) is 0 Å². The predicted molar refractivity (Wildman–Crippen MR) is 63.0 cm³/mol. The van der Waals surface area contributed by atoms with Crippen LogP contribution >= 0.6 is 11.6 Å². The minimum atomic E-state index is -0.511. The Morgan fingerprint density at radius 1 is 1.47 bits per heavy atom. The van der Waals surface area contributed by atoms with E-state index in [-0.39, 0.29) is 16.5 Å². The van der Waals surface area contributed by atoms with Crippen LogP contribution in [-0.4, -0.2) is 0 Å². The average Bonchev–Trinajstić information content (AvgIpc) is 2.57. The van der Waals surface area contributed by atoms with Crippen LogP contribution in [0.3, 0.4) is 0 Å². The fourth-order valence-electron chi connectivity index (χ4n) is 1.68. The molecule has 0 aliphatic rings. The van der Waals surface area contributed by atoms with Gasteiger partial charge >= 0.3 is 0 Å². The number of hydrogen-bond acceptors (Lipinski definition) is 3. The second-order valence-corrected chi connectivity index (χ2v) is 3.92. The smallest absolute Gasteiger partial charge is 0.209 e. The number of nitriles is 1. The molecule has 5 heteroatoms. The van der Waals surface area contributed by atoms with Crippen molar-refractivity contribution in [3.05, 3.63) is 40.4 Å². The van der Waals surface area contributed by atoms with Gasteiger partial charge in [-0.25, -0.2) is 4.39 Å². The van der Waals surface area contributed by atoms with Gasteiger partial charge < -0.3 is 10.2 Å². The largest absolute Gasteiger partial charge is 0.444 e. The zero-order chi connectivity index (χ0) is 12.6. The maximum Gasteiger partial charge on any atom is 0.209 e. The van der Waals surface area contributed by atoms with Crippen molar-refractivity contribution in [3.63, 3.8) is 0 Å². The monoisotopic (exact) mass is 250 g/mol. The standard InChI is InChI=1S/C12H8ClFN2O/c1-6-11(8(5-15)12(16)17-6)7-2-3-10(14)9(13)4-7/h2-4H,16H2,1H3. The molecule has 0 aliphatic carbocycles. The SMILES string of the molecule is Cc1oc(N)c(C#N)c1-c1ccc(F)c(Cl)c1. The molecule has 17 heavy (non-hydrogen) atoms. The Labute approximate surface area is 102 Å². The molecule has 0 saturated carbocycles. The minimum Gasteiger partial charge on any atom is -0.444 e. The Bertz CT molecular complexity index is 628. The number of aryl methyl sites for hydroxylation is 1. The summed E-state index contributed by atoms with van der Waals surface area (Å²) in [6, 6.07) is 6.17. The van der Waals surface area contributed by atoms with Crippen LogP contribution in [0.1, 0.15) is 11.3 Å². The van der Waals surface area contributed by atoms with Gasteiger partial charge in [-0.3, -0.25) is 0 Å². The van der Waals surface area contributed by atoms with Gasteiger partial charge in [-0.05, 0) is 24.6 Å². The van der Waals surface area contributed by atoms with Crippen molar-refractivity contribution in [1.29, 1.82) is 5.26 Å². The Morgan fingerprint density at radius 2 is 2.18 bits per heavy atom. The summed E-state index contributed by atoms with van der Waals surface area (Å²) >= 11 is 5.70. The Morgan fingerprint density at radius 3 is 2.76 bits per heavy atom. The van der Waals surface area contributed by atoms with Crippen molar-refractivity contribution in [3.8, 4) is 17.2 Å². The molecule has 2 aromatic rings. The Hall–Kier alpha value is -1.99. The van der Waals surface area contributed by atoms with E-state index in [1.165, 1.54) is 18.2 Å². The summed E-state index contributed by atoms with van der Waals surface area (Å²) < 4.78 is 18.2. The van der Waals surface area contributed by atoms with Crippen LogP contribution in [0.2, 0.25) is 5.02 Å². The lowest BCUT2D eigenvalue weighted by Crippen LogP contribution is -1.87. The van der Waals surface area contributed by atoms with E-state index < -0.39 is 5.82 Å². The van der Waals surface area contributed by atoms with Crippen LogP contribution in [0, 0.1) is 24.1 Å². The van der Waals surface area contributed by atoms with Crippen molar-refractivity contribution in [2.75, 3.05) is 5.73 Å². The summed E-state index contributed by atoms with van der Waals surface area (Å²) in [6.07, 6.45) is 0. The highest BCUT2D eigenvalue weighted by Gasteiger charge is 2.17. The van der Waals surface area contributed by atoms with E-state index in [1.807, 2.05) is 6.07 Å². The molecule has 0 saturated heterocycles. The number of anilines is 1. The summed E-state index contributed by atoms with van der Waals surface area (Å²) in [5, 5.41) is 8.99. The number of hydrogen-bond donors (Lipinski definition) is 1. The topological polar surface area (TPSA) is 62.9 Å². The zero-order valence-corrected chi connectivity index (χ0v) is 9.68. The van der Waals surface area contributed by atoms with Gasteiger partial charge in [0.05, 0.1) is 5.02 Å². The van der Waals surface area contributed by atoms with E-state index in [4.69, 9.17) is 27.0 Å². The number of nitrogens with zero attached hydrogens (tertiary/aromatic N) is 1. The number of rotatable bonds is 1. The summed E-state index contributed by atoms with van der Waals surface area (Å²) in [6.45, 7) is 1.68. The molecule has 1 aromatic carbocycles. The molecule has 0 atom stereocenters. The molecule has 0 amide bonds. The molecular formula is C12H8ClFN2O. The summed E-state index contributed by atoms with van der Waals surface area (Å²) in [7, 11) is 0. The molecule has 3 nitrogen and oxygen atoms in total. The maximum atomic E-state index is 13.1. The van der Waals surface area contributed by atoms with Gasteiger partial charge in [-0.15, -0.1) is 0 Å². The van der Waals surface area contributed by atoms with Gasteiger partial charge in [0, 0.05) is 5.56 Å². The maximum absolute atomic E-state index is 13.1. The van der Waals surface area contributed by atoms with Crippen molar-refractivity contribution in [2.24, 2.45) is 0 Å². The van der Waals surface area contributed by atoms with Gasteiger partial charge in [0.1, 0.15) is 23.2 Å². The summed E-state index contributed by atoms with van der Waals surface area (Å²) in [5.41, 5.74) is 6.95. The first-order chi connectivity index (χ1) is 8.04. The lowest BCUT2D eigenvalue weighted by atomic mass is 10.0. The minimum absolute atomic E-state index is 0.00874. The normalized spacial score (nSPS) is 10.2. The molecule has 0 bridgehead atoms. The number of halogens is 2. The van der Waals surface area contributed by atoms with Gasteiger partial charge in [0.15, 0.2) is 0 Å². The predicted octanol–water partition coefficient (Wildman–Crippen LogP) is 3.50. The Kier molecular flexibility index (Phi) is 2.78. The zero-order valence-electron chi connectivity index (χ0n) is 8.92. The third kappa shape index (κ3) is 1.85. The first-order valence-electron chi connectivity index (χ1n) is 4.79. The number of benzene rings is 1. The molecule has 86 valence electrons. The van der Waals surface area contributed by atoms with Crippen LogP contribution < -0.4 is 5.73 Å². The third-order valence-electron chi connectivity index (χ3n) is 2.43. The van der Waals surface area contributed by atoms with E-state index in [9.17, 15) is 4.39 Å². The molecular weight excluding hydrogens is 243 g/mol. The van der Waals surface area contributed by atoms with Crippen molar-refractivity contribution in [2.45, 2.75) is 6.92 Å². The second-order valence-electron chi connectivity index (χ2n) is 3.51. The van der Waals surface area contributed by atoms with Crippen LogP contribution in [0.25, 0.3) is 11.1 Å². The van der Waals surface area contributed by atoms with Gasteiger partial charge in [0.25, 0.3) is 0 Å². The molecule has 0 unspecified atom stereocenters. The van der Waals surface area contributed by atoms with E-state index in [0.29, 0.717) is 16.9 Å². The van der Waals surface area contributed by atoms with Crippen molar-refractivity contribution < 1.29 is 8.81 Å². The fourth-order valence-corrected chi connectivity index (χ4v) is 1.86. The Balaban J connectivity index is 2.69. The molecule has 0 spiro atoms. The van der Waals surface area contributed by atoms with E-state index in [1.54, 1.807) is 6.92 Å². The molecule has 2 N–H and O–H groups in total. The first-order valence-corrected chi connectivity index (χ1v) is 5.16. The number of nitrogens with two attached hydrogens (primary N) is 1. The second kappa shape index (κ2) is 4.11. The average molecular weight is 251 g/mol. The highest BCUT2D eigenvalue weighted by Crippen LogP contribution is 2.34. The van der Waals surface area contributed by atoms with Crippen molar-refractivity contribution >= 4 is 17.5 Å². The molecule has 0 fully saturated rings. The van der Waals surface area contributed by atoms with Gasteiger partial charge in [0.2, 0.25) is 5.88 Å². The lowest BCUT2D eigenvalue weighted by molar-refractivity contribution is 0.554. The van der Waals surface area contributed by atoms with Crippen molar-refractivity contribution in [1.82, 2.24) is 0 Å². The quantitative estimate of drug-likeness (QED) is 0.842. The van der Waals surface area contributed by atoms with E-state index >= 15 is 0 Å². The fraction of sp³-hybridized carbons (Fsp3) is 0.0833. The third-order valence-corrected chi connectivity index (χ3v) is 2.72. The van der Waals surface area contributed by atoms with Gasteiger partial charge in [-0.2, -0.15) is 5.26 Å². The summed E-state index contributed by atoms with van der Waals surface area (Å²) in [4.78, 5) is 0. The number of furan rings is 1. The molecule has 0 aliphatic heterocycles. The number of nitrogen functional groups attached to an aromatic ring is 1. The molecule has 2 rings (SSSR count). The van der Waals surface area contributed by atoms with Gasteiger partial charge in [-0.1, -0.05) is 17.7 Å². The first kappa shape index (κ1) is 11.5. The molecule has 1 heterocycles. The van der Waals surface area contributed by atoms with Crippen LogP contribution in [0.4, 0.5) is 10.3 Å². The molecule has 1 aromatic heterocycles. The van der Waals surface area contributed by atoms with Crippen LogP contribution in [0.15, 0.2) is 22.6 Å². The highest BCUT2D eigenvalue weighted by molar-refractivity contribution is 6.31. The lowest BCUT2D eigenvalue weighted by Gasteiger charge is -2.01.